The summed E-state index contributed by atoms with van der Waals surface area (Å²) in [5, 5.41) is 11.2. The third-order valence-electron chi connectivity index (χ3n) is 2.92. The highest BCUT2D eigenvalue weighted by atomic mass is 16.6. The van der Waals surface area contributed by atoms with E-state index in [0.717, 1.165) is 11.3 Å². The minimum Gasteiger partial charge on any atom is -0.323 e. The van der Waals surface area contributed by atoms with Gasteiger partial charge in [-0.05, 0) is 18.6 Å². The molecule has 0 amide bonds. The quantitative estimate of drug-likeness (QED) is 0.496. The molecule has 0 aliphatic rings. The van der Waals surface area contributed by atoms with Gasteiger partial charge in [0.25, 0.3) is 0 Å². The van der Waals surface area contributed by atoms with Crippen LogP contribution in [-0.4, -0.2) is 21.9 Å². The number of nitro groups is 1. The van der Waals surface area contributed by atoms with Crippen LogP contribution in [0.2, 0.25) is 0 Å². The van der Waals surface area contributed by atoms with Crippen molar-refractivity contribution >= 4 is 23.0 Å². The number of aryl methyl sites for hydroxylation is 1. The van der Waals surface area contributed by atoms with Crippen LogP contribution in [0.15, 0.2) is 30.6 Å². The van der Waals surface area contributed by atoms with Gasteiger partial charge in [0.15, 0.2) is 0 Å². The van der Waals surface area contributed by atoms with Gasteiger partial charge in [-0.2, -0.15) is 0 Å². The van der Waals surface area contributed by atoms with Crippen molar-refractivity contribution in [3.8, 4) is 0 Å². The van der Waals surface area contributed by atoms with Gasteiger partial charge in [0.2, 0.25) is 11.6 Å². The number of benzene rings is 1. The number of nitrogens with one attached hydrogen (secondary N) is 1. The Balaban J connectivity index is 2.58. The Hall–Kier alpha value is -2.74. The van der Waals surface area contributed by atoms with Crippen LogP contribution < -0.4 is 16.2 Å². The van der Waals surface area contributed by atoms with Crippen LogP contribution >= 0.6 is 0 Å². The normalized spacial score (nSPS) is 10.2. The number of aromatic nitrogens is 2. The molecule has 1 heterocycles. The summed E-state index contributed by atoms with van der Waals surface area (Å²) in [7, 11) is 1.71. The van der Waals surface area contributed by atoms with Crippen LogP contribution in [0.5, 0.6) is 0 Å². The lowest BCUT2D eigenvalue weighted by molar-refractivity contribution is -0.383. The second kappa shape index (κ2) is 5.49. The van der Waals surface area contributed by atoms with Crippen molar-refractivity contribution in [3.63, 3.8) is 0 Å². The van der Waals surface area contributed by atoms with Crippen LogP contribution in [0.4, 0.5) is 23.0 Å². The number of hydrogen-bond acceptors (Lipinski definition) is 7. The fourth-order valence-electron chi connectivity index (χ4n) is 1.94. The first kappa shape index (κ1) is 13.7. The van der Waals surface area contributed by atoms with E-state index in [1.165, 1.54) is 6.33 Å². The number of nitrogen functional groups attached to an aromatic ring is 1. The van der Waals surface area contributed by atoms with Gasteiger partial charge in [-0.15, -0.1) is 0 Å². The minimum atomic E-state index is -0.556. The number of para-hydroxylation sites is 1. The highest BCUT2D eigenvalue weighted by Gasteiger charge is 2.26. The van der Waals surface area contributed by atoms with E-state index >= 15 is 0 Å². The van der Waals surface area contributed by atoms with E-state index in [9.17, 15) is 10.1 Å². The maximum absolute atomic E-state index is 11.2. The Morgan fingerprint density at radius 3 is 2.65 bits per heavy atom. The lowest BCUT2D eigenvalue weighted by Gasteiger charge is -2.20. The highest BCUT2D eigenvalue weighted by molar-refractivity contribution is 5.75. The summed E-state index contributed by atoms with van der Waals surface area (Å²) in [5.41, 5.74) is 3.75. The average molecular weight is 274 g/mol. The average Bonchev–Trinajstić information content (AvgIpc) is 2.46. The first-order valence-corrected chi connectivity index (χ1v) is 5.81. The van der Waals surface area contributed by atoms with Gasteiger partial charge in [0.1, 0.15) is 6.33 Å². The summed E-state index contributed by atoms with van der Waals surface area (Å²) >= 11 is 0. The lowest BCUT2D eigenvalue weighted by Crippen LogP contribution is -2.18. The van der Waals surface area contributed by atoms with E-state index in [1.54, 1.807) is 11.9 Å². The fraction of sp³-hybridized carbons (Fsp3) is 0.167. The molecule has 3 N–H and O–H groups in total. The summed E-state index contributed by atoms with van der Waals surface area (Å²) in [4.78, 5) is 20.1. The van der Waals surface area contributed by atoms with Crippen molar-refractivity contribution in [2.45, 2.75) is 6.92 Å². The molecular weight excluding hydrogens is 260 g/mol. The fourth-order valence-corrected chi connectivity index (χ4v) is 1.94. The second-order valence-corrected chi connectivity index (χ2v) is 4.14. The molecule has 0 bridgehead atoms. The van der Waals surface area contributed by atoms with Crippen LogP contribution in [0.25, 0.3) is 0 Å². The van der Waals surface area contributed by atoms with E-state index in [4.69, 9.17) is 5.84 Å². The van der Waals surface area contributed by atoms with E-state index in [1.807, 2.05) is 31.2 Å². The largest absolute Gasteiger partial charge is 0.355 e. The number of hydrazine groups is 1. The zero-order chi connectivity index (χ0) is 14.7. The SMILES string of the molecule is Cc1ccccc1N(C)c1ncnc(NN)c1[N+](=O)[O-]. The van der Waals surface area contributed by atoms with Crippen molar-refractivity contribution in [2.24, 2.45) is 5.84 Å². The Labute approximate surface area is 115 Å². The van der Waals surface area contributed by atoms with Crippen molar-refractivity contribution in [3.05, 3.63) is 46.3 Å². The van der Waals surface area contributed by atoms with E-state index in [0.29, 0.717) is 0 Å². The van der Waals surface area contributed by atoms with Gasteiger partial charge >= 0.3 is 5.69 Å². The van der Waals surface area contributed by atoms with Crippen molar-refractivity contribution < 1.29 is 4.92 Å². The molecule has 0 saturated heterocycles. The Bertz CT molecular complexity index is 646. The molecule has 0 unspecified atom stereocenters. The van der Waals surface area contributed by atoms with Crippen LogP contribution in [0.3, 0.4) is 0 Å². The monoisotopic (exact) mass is 274 g/mol. The van der Waals surface area contributed by atoms with Gasteiger partial charge in [-0.1, -0.05) is 18.2 Å². The predicted octanol–water partition coefficient (Wildman–Crippen LogP) is 1.75. The summed E-state index contributed by atoms with van der Waals surface area (Å²) in [6, 6.07) is 7.53. The summed E-state index contributed by atoms with van der Waals surface area (Å²) in [6.07, 6.45) is 1.23. The number of nitrogens with two attached hydrogens (primary N) is 1. The van der Waals surface area contributed by atoms with Gasteiger partial charge in [-0.3, -0.25) is 10.1 Å². The molecule has 2 aromatic rings. The number of rotatable bonds is 4. The smallest absolute Gasteiger partial charge is 0.323 e. The summed E-state index contributed by atoms with van der Waals surface area (Å²) in [6.45, 7) is 1.92. The van der Waals surface area contributed by atoms with Crippen LogP contribution in [0.1, 0.15) is 5.56 Å². The molecule has 0 radical (unpaired) electrons. The molecule has 8 nitrogen and oxygen atoms in total. The molecule has 1 aromatic carbocycles. The van der Waals surface area contributed by atoms with Crippen molar-refractivity contribution in [1.82, 2.24) is 9.97 Å². The number of hydrogen-bond donors (Lipinski definition) is 2. The first-order valence-electron chi connectivity index (χ1n) is 5.81. The second-order valence-electron chi connectivity index (χ2n) is 4.14. The maximum Gasteiger partial charge on any atom is 0.355 e. The van der Waals surface area contributed by atoms with E-state index in [2.05, 4.69) is 15.4 Å². The van der Waals surface area contributed by atoms with Crippen LogP contribution in [-0.2, 0) is 0 Å². The van der Waals surface area contributed by atoms with Crippen LogP contribution in [0, 0.1) is 17.0 Å². The molecule has 2 rings (SSSR count). The van der Waals surface area contributed by atoms with E-state index in [-0.39, 0.29) is 17.3 Å². The Kier molecular flexibility index (Phi) is 3.76. The molecule has 104 valence electrons. The standard InChI is InChI=1S/C12H14N6O2/c1-8-5-3-4-6-9(8)17(2)12-10(18(19)20)11(16-13)14-7-15-12/h3-7H,13H2,1-2H3,(H,14,15,16). The molecule has 0 spiro atoms. The van der Waals surface area contributed by atoms with Crippen molar-refractivity contribution in [1.29, 1.82) is 0 Å². The molecule has 0 aliphatic heterocycles. The molecule has 0 fully saturated rings. The first-order chi connectivity index (χ1) is 9.56. The lowest BCUT2D eigenvalue weighted by atomic mass is 10.2. The molecule has 0 saturated carbocycles. The minimum absolute atomic E-state index is 0.0274. The molecule has 20 heavy (non-hydrogen) atoms. The number of anilines is 3. The molecule has 0 atom stereocenters. The summed E-state index contributed by atoms with van der Waals surface area (Å²) < 4.78 is 0. The predicted molar refractivity (Wildman–Crippen MR) is 75.7 cm³/mol. The number of nitrogens with zero attached hydrogens (tertiary/aromatic N) is 4. The van der Waals surface area contributed by atoms with Crippen molar-refractivity contribution in [2.75, 3.05) is 17.4 Å². The molecule has 0 aliphatic carbocycles. The topological polar surface area (TPSA) is 110 Å². The zero-order valence-electron chi connectivity index (χ0n) is 11.1. The maximum atomic E-state index is 11.2. The molecule has 1 aromatic heterocycles. The zero-order valence-corrected chi connectivity index (χ0v) is 11.1. The van der Waals surface area contributed by atoms with Gasteiger partial charge in [0, 0.05) is 12.7 Å². The third kappa shape index (κ3) is 2.36. The van der Waals surface area contributed by atoms with E-state index < -0.39 is 4.92 Å². The van der Waals surface area contributed by atoms with Gasteiger partial charge < -0.3 is 10.3 Å². The Morgan fingerprint density at radius 1 is 1.35 bits per heavy atom. The highest BCUT2D eigenvalue weighted by Crippen LogP contribution is 2.35. The molecular formula is C12H14N6O2. The summed E-state index contributed by atoms with van der Waals surface area (Å²) in [5.74, 6) is 5.41. The third-order valence-corrected chi connectivity index (χ3v) is 2.92. The Morgan fingerprint density at radius 2 is 2.05 bits per heavy atom. The van der Waals surface area contributed by atoms with Gasteiger partial charge in [0.05, 0.1) is 4.92 Å². The molecule has 8 heteroatoms. The van der Waals surface area contributed by atoms with Gasteiger partial charge in [-0.25, -0.2) is 15.8 Å².